The molecule has 14 heavy (non-hydrogen) atoms. The van der Waals surface area contributed by atoms with Gasteiger partial charge in [-0.25, -0.2) is 9.97 Å². The van der Waals surface area contributed by atoms with Crippen molar-refractivity contribution in [1.29, 1.82) is 0 Å². The zero-order chi connectivity index (χ0) is 10.4. The predicted octanol–water partition coefficient (Wildman–Crippen LogP) is 0.158. The van der Waals surface area contributed by atoms with Crippen LogP contribution in [0.4, 0.5) is 5.82 Å². The van der Waals surface area contributed by atoms with E-state index < -0.39 is 6.10 Å². The maximum Gasteiger partial charge on any atom is 0.156 e. The topological polar surface area (TPSA) is 81.3 Å². The molecule has 1 unspecified atom stereocenters. The second kappa shape index (κ2) is 5.79. The monoisotopic (exact) mass is 215 g/mol. The van der Waals surface area contributed by atoms with Crippen molar-refractivity contribution in [1.82, 2.24) is 9.97 Å². The van der Waals surface area contributed by atoms with Gasteiger partial charge in [0, 0.05) is 25.3 Å². The van der Waals surface area contributed by atoms with Crippen LogP contribution in [0.15, 0.2) is 17.4 Å². The fourth-order valence-corrected chi connectivity index (χ4v) is 1.65. The van der Waals surface area contributed by atoms with Gasteiger partial charge in [0.15, 0.2) is 5.82 Å². The van der Waals surface area contributed by atoms with E-state index in [2.05, 4.69) is 9.97 Å². The summed E-state index contributed by atoms with van der Waals surface area (Å²) in [6.45, 7) is 0.313. The molecule has 78 valence electrons. The average Bonchev–Trinajstić information content (AvgIpc) is 2.17. The van der Waals surface area contributed by atoms with Crippen LogP contribution in [0.25, 0.3) is 0 Å². The van der Waals surface area contributed by atoms with Crippen LogP contribution in [0, 0.1) is 0 Å². The number of hydrogen-bond acceptors (Lipinski definition) is 6. The number of hydrogen-bond donors (Lipinski definition) is 2. The Morgan fingerprint density at radius 3 is 2.93 bits per heavy atom. The Hall–Kier alpha value is -0.850. The van der Waals surface area contributed by atoms with E-state index in [4.69, 9.17) is 10.5 Å². The van der Waals surface area contributed by atoms with Crippen molar-refractivity contribution in [3.05, 3.63) is 12.4 Å². The highest BCUT2D eigenvalue weighted by molar-refractivity contribution is 7.99. The number of methoxy groups -OCH3 is 1. The summed E-state index contributed by atoms with van der Waals surface area (Å²) < 4.78 is 4.79. The molecule has 0 aromatic carbocycles. The number of aliphatic hydroxyl groups is 1. The fourth-order valence-electron chi connectivity index (χ4n) is 0.863. The van der Waals surface area contributed by atoms with Crippen LogP contribution in [-0.4, -0.2) is 40.6 Å². The lowest BCUT2D eigenvalue weighted by Crippen LogP contribution is -2.16. The Bertz CT molecular complexity index is 285. The third-order valence-electron chi connectivity index (χ3n) is 1.46. The van der Waals surface area contributed by atoms with Crippen molar-refractivity contribution in [2.45, 2.75) is 11.1 Å². The number of anilines is 1. The zero-order valence-corrected chi connectivity index (χ0v) is 8.70. The second-order valence-corrected chi connectivity index (χ2v) is 3.68. The van der Waals surface area contributed by atoms with Gasteiger partial charge in [-0.2, -0.15) is 0 Å². The number of nitrogens with two attached hydrogens (primary N) is 1. The lowest BCUT2D eigenvalue weighted by Gasteiger charge is -2.08. The molecule has 3 N–H and O–H groups in total. The molecule has 1 aromatic heterocycles. The van der Waals surface area contributed by atoms with Crippen molar-refractivity contribution >= 4 is 17.6 Å². The smallest absolute Gasteiger partial charge is 0.156 e. The molecule has 0 amide bonds. The highest BCUT2D eigenvalue weighted by atomic mass is 32.2. The van der Waals surface area contributed by atoms with Gasteiger partial charge in [0.05, 0.1) is 12.7 Å². The summed E-state index contributed by atoms with van der Waals surface area (Å²) in [6.07, 6.45) is 2.60. The molecule has 1 aromatic rings. The minimum absolute atomic E-state index is 0.313. The van der Waals surface area contributed by atoms with Crippen molar-refractivity contribution in [2.24, 2.45) is 0 Å². The van der Waals surface area contributed by atoms with Crippen LogP contribution in [0.3, 0.4) is 0 Å². The Kier molecular flexibility index (Phi) is 4.64. The van der Waals surface area contributed by atoms with Crippen molar-refractivity contribution < 1.29 is 9.84 Å². The summed E-state index contributed by atoms with van der Waals surface area (Å²) in [4.78, 5) is 7.92. The number of rotatable bonds is 5. The van der Waals surface area contributed by atoms with Gasteiger partial charge >= 0.3 is 0 Å². The third-order valence-corrected chi connectivity index (χ3v) is 2.60. The summed E-state index contributed by atoms with van der Waals surface area (Å²) in [6, 6.07) is 0. The highest BCUT2D eigenvalue weighted by Gasteiger charge is 2.07. The highest BCUT2D eigenvalue weighted by Crippen LogP contribution is 2.20. The van der Waals surface area contributed by atoms with Crippen LogP contribution in [0.5, 0.6) is 0 Å². The van der Waals surface area contributed by atoms with Gasteiger partial charge < -0.3 is 15.6 Å². The molecule has 1 heterocycles. The number of thioether (sulfide) groups is 1. The first-order chi connectivity index (χ1) is 6.74. The van der Waals surface area contributed by atoms with Crippen LogP contribution in [-0.2, 0) is 4.74 Å². The predicted molar refractivity (Wildman–Crippen MR) is 55.1 cm³/mol. The first-order valence-electron chi connectivity index (χ1n) is 4.10. The van der Waals surface area contributed by atoms with E-state index in [1.54, 1.807) is 13.3 Å². The van der Waals surface area contributed by atoms with Crippen LogP contribution < -0.4 is 5.73 Å². The zero-order valence-electron chi connectivity index (χ0n) is 7.88. The molecule has 0 spiro atoms. The molecule has 0 fully saturated rings. The molecule has 0 radical (unpaired) electrons. The maximum atomic E-state index is 9.37. The molecule has 1 rings (SSSR count). The summed E-state index contributed by atoms with van der Waals surface area (Å²) in [7, 11) is 1.55. The number of ether oxygens (including phenoxy) is 1. The second-order valence-electron chi connectivity index (χ2n) is 2.67. The van der Waals surface area contributed by atoms with Crippen molar-refractivity contribution in [3.8, 4) is 0 Å². The number of aliphatic hydroxyl groups excluding tert-OH is 1. The fraction of sp³-hybridized carbons (Fsp3) is 0.500. The van der Waals surface area contributed by atoms with Gasteiger partial charge in [0.25, 0.3) is 0 Å². The van der Waals surface area contributed by atoms with E-state index in [-0.39, 0.29) is 0 Å². The molecule has 5 nitrogen and oxygen atoms in total. The minimum Gasteiger partial charge on any atom is -0.390 e. The molecule has 0 aliphatic rings. The summed E-state index contributed by atoms with van der Waals surface area (Å²) >= 11 is 1.37. The van der Waals surface area contributed by atoms with E-state index in [0.29, 0.717) is 23.2 Å². The molecule has 0 saturated heterocycles. The van der Waals surface area contributed by atoms with Gasteiger partial charge in [-0.15, -0.1) is 0 Å². The standard InChI is InChI=1S/C8H13N3O2S/c1-13-4-6(12)5-14-8-7(9)10-2-3-11-8/h2-3,6,12H,4-5H2,1H3,(H2,9,10). The Balaban J connectivity index is 2.41. The lowest BCUT2D eigenvalue weighted by atomic mass is 10.4. The summed E-state index contributed by atoms with van der Waals surface area (Å²) in [5, 5.41) is 10.0. The van der Waals surface area contributed by atoms with Crippen molar-refractivity contribution in [3.63, 3.8) is 0 Å². The van der Waals surface area contributed by atoms with Crippen LogP contribution in [0.1, 0.15) is 0 Å². The van der Waals surface area contributed by atoms with E-state index in [0.717, 1.165) is 0 Å². The van der Waals surface area contributed by atoms with E-state index in [9.17, 15) is 5.11 Å². The van der Waals surface area contributed by atoms with Crippen molar-refractivity contribution in [2.75, 3.05) is 25.2 Å². The molecule has 1 atom stereocenters. The van der Waals surface area contributed by atoms with Crippen LogP contribution >= 0.6 is 11.8 Å². The Morgan fingerprint density at radius 2 is 2.29 bits per heavy atom. The largest absolute Gasteiger partial charge is 0.390 e. The number of nitrogen functional groups attached to an aromatic ring is 1. The first kappa shape index (κ1) is 11.2. The van der Waals surface area contributed by atoms with Crippen LogP contribution in [0.2, 0.25) is 0 Å². The van der Waals surface area contributed by atoms with Gasteiger partial charge in [0.1, 0.15) is 5.03 Å². The molecule has 0 bridgehead atoms. The average molecular weight is 215 g/mol. The number of aromatic nitrogens is 2. The molecule has 6 heteroatoms. The van der Waals surface area contributed by atoms with E-state index >= 15 is 0 Å². The molecule has 0 saturated carbocycles. The molecular formula is C8H13N3O2S. The van der Waals surface area contributed by atoms with Gasteiger partial charge in [-0.1, -0.05) is 11.8 Å². The van der Waals surface area contributed by atoms with E-state index in [1.807, 2.05) is 0 Å². The molecular weight excluding hydrogens is 202 g/mol. The van der Waals surface area contributed by atoms with Gasteiger partial charge in [-0.05, 0) is 0 Å². The summed E-state index contributed by atoms with van der Waals surface area (Å²) in [5.74, 6) is 0.888. The lowest BCUT2D eigenvalue weighted by molar-refractivity contribution is 0.0794. The number of nitrogens with zero attached hydrogens (tertiary/aromatic N) is 2. The third kappa shape index (κ3) is 3.49. The van der Waals surface area contributed by atoms with Gasteiger partial charge in [-0.3, -0.25) is 0 Å². The van der Waals surface area contributed by atoms with E-state index in [1.165, 1.54) is 18.0 Å². The SMILES string of the molecule is COCC(O)CSc1nccnc1N. The quantitative estimate of drug-likeness (QED) is 0.681. The normalized spacial score (nSPS) is 12.7. The first-order valence-corrected chi connectivity index (χ1v) is 5.09. The van der Waals surface area contributed by atoms with Gasteiger partial charge in [0.2, 0.25) is 0 Å². The molecule has 0 aliphatic heterocycles. The Labute approximate surface area is 86.7 Å². The maximum absolute atomic E-state index is 9.37. The molecule has 0 aliphatic carbocycles. The Morgan fingerprint density at radius 1 is 1.57 bits per heavy atom. The summed E-state index contributed by atoms with van der Waals surface area (Å²) in [5.41, 5.74) is 5.57. The minimum atomic E-state index is -0.508.